The molecule has 180 valence electrons. The second-order valence-corrected chi connectivity index (χ2v) is 9.94. The number of methoxy groups -OCH3 is 1. The first-order valence-corrected chi connectivity index (χ1v) is 12.1. The third-order valence-corrected chi connectivity index (χ3v) is 6.65. The molecular formula is C26H31N3O4S. The van der Waals surface area contributed by atoms with Gasteiger partial charge in [-0.15, -0.1) is 0 Å². The third kappa shape index (κ3) is 5.74. The Labute approximate surface area is 203 Å². The number of hydrogen-bond acceptors (Lipinski definition) is 6. The molecule has 0 aliphatic rings. The molecule has 0 saturated carbocycles. The van der Waals surface area contributed by atoms with Gasteiger partial charge in [-0.2, -0.15) is 0 Å². The minimum atomic E-state index is -0.465. The number of carbonyl (C=O) groups is 2. The number of nitrogens with zero attached hydrogens (tertiary/aromatic N) is 2. The Morgan fingerprint density at radius 2 is 1.76 bits per heavy atom. The van der Waals surface area contributed by atoms with E-state index in [2.05, 4.69) is 5.32 Å². The number of aromatic nitrogens is 2. The molecular weight excluding hydrogens is 450 g/mol. The Morgan fingerprint density at radius 3 is 2.41 bits per heavy atom. The third-order valence-electron chi connectivity index (χ3n) is 5.56. The molecule has 1 heterocycles. The molecule has 1 atom stereocenters. The number of fused-ring (bicyclic) bond motifs is 1. The van der Waals surface area contributed by atoms with Crippen LogP contribution in [0.15, 0.2) is 46.3 Å². The van der Waals surface area contributed by atoms with Crippen molar-refractivity contribution in [3.63, 3.8) is 0 Å². The summed E-state index contributed by atoms with van der Waals surface area (Å²) in [6.07, 6.45) is 0. The van der Waals surface area contributed by atoms with Gasteiger partial charge in [0, 0.05) is 24.3 Å². The number of hydrogen-bond donors (Lipinski definition) is 1. The van der Waals surface area contributed by atoms with Crippen LogP contribution in [0.2, 0.25) is 0 Å². The van der Waals surface area contributed by atoms with Gasteiger partial charge in [-0.25, -0.2) is 4.98 Å². The highest BCUT2D eigenvalue weighted by Gasteiger charge is 2.21. The van der Waals surface area contributed by atoms with E-state index in [-0.39, 0.29) is 23.3 Å². The normalized spacial score (nSPS) is 12.2. The Balaban J connectivity index is 2.01. The lowest BCUT2D eigenvalue weighted by Gasteiger charge is -2.16. The summed E-state index contributed by atoms with van der Waals surface area (Å²) in [4.78, 5) is 43.6. The number of benzene rings is 2. The van der Waals surface area contributed by atoms with Gasteiger partial charge in [-0.3, -0.25) is 19.0 Å². The van der Waals surface area contributed by atoms with E-state index >= 15 is 0 Å². The molecule has 0 bridgehead atoms. The van der Waals surface area contributed by atoms with Gasteiger partial charge >= 0.3 is 0 Å². The Bertz CT molecular complexity index is 1280. The van der Waals surface area contributed by atoms with Crippen LogP contribution in [0.3, 0.4) is 0 Å². The SMILES string of the molecule is COCCn1c(S[C@@H](C)C(=O)c2ccc(C)c(C)c2)nc2cc(C(=O)NC(C)C)ccc2c1=O. The maximum Gasteiger partial charge on any atom is 0.262 e. The second kappa shape index (κ2) is 11.0. The average molecular weight is 482 g/mol. The molecule has 0 saturated heterocycles. The fraction of sp³-hybridized carbons (Fsp3) is 0.385. The molecule has 0 aliphatic heterocycles. The second-order valence-electron chi connectivity index (χ2n) is 8.63. The van der Waals surface area contributed by atoms with E-state index in [4.69, 9.17) is 9.72 Å². The van der Waals surface area contributed by atoms with E-state index in [1.54, 1.807) is 25.3 Å². The molecule has 34 heavy (non-hydrogen) atoms. The van der Waals surface area contributed by atoms with Gasteiger partial charge in [-0.05, 0) is 70.0 Å². The van der Waals surface area contributed by atoms with Crippen LogP contribution in [0, 0.1) is 13.8 Å². The average Bonchev–Trinajstić information content (AvgIpc) is 2.79. The van der Waals surface area contributed by atoms with Gasteiger partial charge in [0.15, 0.2) is 10.9 Å². The Kier molecular flexibility index (Phi) is 8.28. The zero-order valence-electron chi connectivity index (χ0n) is 20.5. The van der Waals surface area contributed by atoms with Crippen LogP contribution in [-0.2, 0) is 11.3 Å². The summed E-state index contributed by atoms with van der Waals surface area (Å²) in [7, 11) is 1.57. The number of amides is 1. The van der Waals surface area contributed by atoms with Crippen LogP contribution in [0.4, 0.5) is 0 Å². The zero-order chi connectivity index (χ0) is 25.0. The fourth-order valence-electron chi connectivity index (χ4n) is 3.50. The first-order chi connectivity index (χ1) is 16.1. The maximum atomic E-state index is 13.3. The summed E-state index contributed by atoms with van der Waals surface area (Å²) >= 11 is 1.23. The Morgan fingerprint density at radius 1 is 1.06 bits per heavy atom. The molecule has 3 aromatic rings. The predicted octanol–water partition coefficient (Wildman–Crippen LogP) is 4.16. The van der Waals surface area contributed by atoms with E-state index in [0.717, 1.165) is 11.1 Å². The summed E-state index contributed by atoms with van der Waals surface area (Å²) in [5, 5.41) is 3.21. The van der Waals surface area contributed by atoms with Crippen LogP contribution >= 0.6 is 11.8 Å². The lowest BCUT2D eigenvalue weighted by atomic mass is 10.0. The maximum absolute atomic E-state index is 13.3. The van der Waals surface area contributed by atoms with Gasteiger partial charge in [0.25, 0.3) is 11.5 Å². The summed E-state index contributed by atoms with van der Waals surface area (Å²) in [5.41, 5.74) is 3.42. The van der Waals surface area contributed by atoms with Crippen molar-refractivity contribution < 1.29 is 14.3 Å². The van der Waals surface area contributed by atoms with Gasteiger partial charge in [0.1, 0.15) is 0 Å². The molecule has 7 nitrogen and oxygen atoms in total. The number of ketones is 1. The molecule has 3 rings (SSSR count). The van der Waals surface area contributed by atoms with Crippen molar-refractivity contribution >= 4 is 34.4 Å². The van der Waals surface area contributed by atoms with Crippen LogP contribution in [-0.4, -0.2) is 46.2 Å². The largest absolute Gasteiger partial charge is 0.383 e. The molecule has 0 fully saturated rings. The van der Waals surface area contributed by atoms with Gasteiger partial charge in [-0.1, -0.05) is 23.9 Å². The number of thioether (sulfide) groups is 1. The fourth-order valence-corrected chi connectivity index (χ4v) is 4.51. The highest BCUT2D eigenvalue weighted by Crippen LogP contribution is 2.26. The predicted molar refractivity (Wildman–Crippen MR) is 136 cm³/mol. The molecule has 0 spiro atoms. The highest BCUT2D eigenvalue weighted by atomic mass is 32.2. The molecule has 1 aromatic heterocycles. The number of carbonyl (C=O) groups excluding carboxylic acids is 2. The first kappa shape index (κ1) is 25.6. The zero-order valence-corrected chi connectivity index (χ0v) is 21.3. The van der Waals surface area contributed by atoms with Gasteiger partial charge in [0.05, 0.1) is 29.3 Å². The highest BCUT2D eigenvalue weighted by molar-refractivity contribution is 8.00. The molecule has 2 aromatic carbocycles. The number of rotatable bonds is 9. The summed E-state index contributed by atoms with van der Waals surface area (Å²) in [6, 6.07) is 10.5. The van der Waals surface area contributed by atoms with E-state index in [1.807, 2.05) is 52.8 Å². The van der Waals surface area contributed by atoms with Gasteiger partial charge in [0.2, 0.25) is 0 Å². The minimum absolute atomic E-state index is 0.0124. The first-order valence-electron chi connectivity index (χ1n) is 11.2. The number of aryl methyl sites for hydroxylation is 2. The van der Waals surface area contributed by atoms with Crippen molar-refractivity contribution in [1.29, 1.82) is 0 Å². The lowest BCUT2D eigenvalue weighted by Crippen LogP contribution is -2.30. The quantitative estimate of drug-likeness (QED) is 0.280. The molecule has 0 aliphatic carbocycles. The van der Waals surface area contributed by atoms with Crippen LogP contribution < -0.4 is 10.9 Å². The van der Waals surface area contributed by atoms with Crippen LogP contribution in [0.5, 0.6) is 0 Å². The van der Waals surface area contributed by atoms with E-state index in [9.17, 15) is 14.4 Å². The topological polar surface area (TPSA) is 90.3 Å². The standard InChI is InChI=1S/C26H31N3O4S/c1-15(2)27-24(31)20-9-10-21-22(14-20)28-26(29(25(21)32)11-12-33-6)34-18(5)23(30)19-8-7-16(3)17(4)13-19/h7-10,13-15,18H,11-12H2,1-6H3,(H,27,31)/t18-/m0/s1. The smallest absolute Gasteiger partial charge is 0.262 e. The monoisotopic (exact) mass is 481 g/mol. The molecule has 1 N–H and O–H groups in total. The molecule has 8 heteroatoms. The van der Waals surface area contributed by atoms with Crippen molar-refractivity contribution in [2.75, 3.05) is 13.7 Å². The Hall–Kier alpha value is -2.97. The van der Waals surface area contributed by atoms with Crippen molar-refractivity contribution in [3.05, 3.63) is 69.0 Å². The summed E-state index contributed by atoms with van der Waals surface area (Å²) < 4.78 is 6.72. The van der Waals surface area contributed by atoms with Crippen molar-refractivity contribution in [1.82, 2.24) is 14.9 Å². The van der Waals surface area contributed by atoms with Crippen molar-refractivity contribution in [2.45, 2.75) is 57.6 Å². The van der Waals surface area contributed by atoms with Crippen molar-refractivity contribution in [2.24, 2.45) is 0 Å². The van der Waals surface area contributed by atoms with Crippen LogP contribution in [0.25, 0.3) is 10.9 Å². The molecule has 0 radical (unpaired) electrons. The summed E-state index contributed by atoms with van der Waals surface area (Å²) in [5.74, 6) is -0.263. The summed E-state index contributed by atoms with van der Waals surface area (Å²) in [6.45, 7) is 10.2. The van der Waals surface area contributed by atoms with E-state index < -0.39 is 5.25 Å². The van der Waals surface area contributed by atoms with E-state index in [0.29, 0.717) is 40.3 Å². The number of nitrogens with one attached hydrogen (secondary N) is 1. The van der Waals surface area contributed by atoms with E-state index in [1.165, 1.54) is 16.3 Å². The van der Waals surface area contributed by atoms with Gasteiger partial charge < -0.3 is 10.1 Å². The number of ether oxygens (including phenoxy) is 1. The van der Waals surface area contributed by atoms with Crippen LogP contribution in [0.1, 0.15) is 52.6 Å². The lowest BCUT2D eigenvalue weighted by molar-refractivity contribution is 0.0942. The number of Topliss-reactive ketones (excluding diaryl/α,β-unsaturated/α-hetero) is 1. The molecule has 1 amide bonds. The molecule has 0 unspecified atom stereocenters. The minimum Gasteiger partial charge on any atom is -0.383 e. The van der Waals surface area contributed by atoms with Crippen molar-refractivity contribution in [3.8, 4) is 0 Å².